The van der Waals surface area contributed by atoms with Gasteiger partial charge in [-0.3, -0.25) is 24.7 Å². The predicted molar refractivity (Wildman–Crippen MR) is 125 cm³/mol. The van der Waals surface area contributed by atoms with Crippen LogP contribution in [0.4, 0.5) is 11.4 Å². The van der Waals surface area contributed by atoms with Gasteiger partial charge in [0.15, 0.2) is 0 Å². The van der Waals surface area contributed by atoms with Gasteiger partial charge in [0.1, 0.15) is 11.9 Å². The number of rotatable bonds is 5. The van der Waals surface area contributed by atoms with E-state index in [9.17, 15) is 19.7 Å². The highest BCUT2D eigenvalue weighted by Crippen LogP contribution is 2.26. The number of amides is 2. The molecule has 4 aromatic rings. The third-order valence-electron chi connectivity index (χ3n) is 5.83. The standard InChI is InChI=1S/C24H20N6O4/c31-23(21-4-2-12-29(21)24(32)16-3-1-11-25-14-16)26-17-7-5-15(6-8-17)22-27-19-10-9-18(30(33)34)13-20(19)28-22/h1,3,5-11,13-14,21H,2,4,12H2,(H,26,31)(H,27,28)/t21-/m0/s1. The molecule has 2 aromatic carbocycles. The number of hydrogen-bond donors (Lipinski definition) is 2. The van der Waals surface area contributed by atoms with Crippen molar-refractivity contribution in [3.8, 4) is 11.4 Å². The Bertz CT molecular complexity index is 1380. The zero-order valence-corrected chi connectivity index (χ0v) is 18.0. The summed E-state index contributed by atoms with van der Waals surface area (Å²) < 4.78 is 0. The summed E-state index contributed by atoms with van der Waals surface area (Å²) in [5.41, 5.74) is 3.00. The zero-order chi connectivity index (χ0) is 23.7. The van der Waals surface area contributed by atoms with Crippen LogP contribution in [0.2, 0.25) is 0 Å². The molecule has 10 heteroatoms. The van der Waals surface area contributed by atoms with Gasteiger partial charge in [-0.25, -0.2) is 4.98 Å². The number of imidazole rings is 1. The third kappa shape index (κ3) is 4.08. The fourth-order valence-corrected chi connectivity index (χ4v) is 4.12. The lowest BCUT2D eigenvalue weighted by Gasteiger charge is -2.24. The van der Waals surface area contributed by atoms with E-state index >= 15 is 0 Å². The van der Waals surface area contributed by atoms with E-state index in [4.69, 9.17) is 0 Å². The zero-order valence-electron chi connectivity index (χ0n) is 18.0. The number of carbonyl (C=O) groups is 2. The van der Waals surface area contributed by atoms with E-state index in [-0.39, 0.29) is 17.5 Å². The van der Waals surface area contributed by atoms with Gasteiger partial charge in [0, 0.05) is 42.3 Å². The maximum atomic E-state index is 12.9. The van der Waals surface area contributed by atoms with E-state index in [1.54, 1.807) is 53.6 Å². The highest BCUT2D eigenvalue weighted by atomic mass is 16.6. The second-order valence-corrected chi connectivity index (χ2v) is 8.01. The normalized spacial score (nSPS) is 15.4. The van der Waals surface area contributed by atoms with Crippen molar-refractivity contribution in [1.82, 2.24) is 19.9 Å². The number of anilines is 1. The first-order valence-electron chi connectivity index (χ1n) is 10.8. The van der Waals surface area contributed by atoms with Crippen molar-refractivity contribution in [3.05, 3.63) is 82.7 Å². The Hall–Kier alpha value is -4.60. The summed E-state index contributed by atoms with van der Waals surface area (Å²) in [5, 5.41) is 13.9. The Morgan fingerprint density at radius 1 is 1.15 bits per heavy atom. The van der Waals surface area contributed by atoms with E-state index in [2.05, 4.69) is 20.3 Å². The average Bonchev–Trinajstić information content (AvgIpc) is 3.51. The Morgan fingerprint density at radius 2 is 1.97 bits per heavy atom. The number of nitro benzene ring substituents is 1. The van der Waals surface area contributed by atoms with Crippen LogP contribution in [-0.2, 0) is 4.79 Å². The number of hydrogen-bond acceptors (Lipinski definition) is 6. The van der Waals surface area contributed by atoms with Crippen LogP contribution in [0.15, 0.2) is 67.0 Å². The Balaban J connectivity index is 1.29. The van der Waals surface area contributed by atoms with Crippen molar-refractivity contribution in [2.24, 2.45) is 0 Å². The summed E-state index contributed by atoms with van der Waals surface area (Å²) in [4.78, 5) is 49.4. The van der Waals surface area contributed by atoms with Crippen molar-refractivity contribution < 1.29 is 14.5 Å². The van der Waals surface area contributed by atoms with Crippen LogP contribution >= 0.6 is 0 Å². The Labute approximate surface area is 193 Å². The van der Waals surface area contributed by atoms with E-state index in [0.29, 0.717) is 41.1 Å². The summed E-state index contributed by atoms with van der Waals surface area (Å²) in [6, 6.07) is 14.4. The molecule has 1 saturated heterocycles. The van der Waals surface area contributed by atoms with Crippen molar-refractivity contribution in [1.29, 1.82) is 0 Å². The topological polar surface area (TPSA) is 134 Å². The second kappa shape index (κ2) is 8.74. The number of carbonyl (C=O) groups excluding carboxylic acids is 2. The molecule has 2 N–H and O–H groups in total. The average molecular weight is 456 g/mol. The lowest BCUT2D eigenvalue weighted by atomic mass is 10.1. The first-order valence-corrected chi connectivity index (χ1v) is 10.8. The van der Waals surface area contributed by atoms with Crippen LogP contribution in [0.25, 0.3) is 22.4 Å². The van der Waals surface area contributed by atoms with Crippen LogP contribution in [0.3, 0.4) is 0 Å². The number of aromatic nitrogens is 3. The van der Waals surface area contributed by atoms with Crippen LogP contribution in [0.5, 0.6) is 0 Å². The summed E-state index contributed by atoms with van der Waals surface area (Å²) in [5.74, 6) is 0.127. The van der Waals surface area contributed by atoms with E-state index in [0.717, 1.165) is 12.0 Å². The number of aromatic amines is 1. The number of pyridine rings is 1. The smallest absolute Gasteiger partial charge is 0.271 e. The molecule has 0 unspecified atom stereocenters. The minimum Gasteiger partial charge on any atom is -0.338 e. The molecule has 0 aliphatic carbocycles. The van der Waals surface area contributed by atoms with Crippen LogP contribution in [0, 0.1) is 10.1 Å². The molecule has 1 aliphatic rings. The van der Waals surface area contributed by atoms with Crippen molar-refractivity contribution in [2.45, 2.75) is 18.9 Å². The monoisotopic (exact) mass is 456 g/mol. The van der Waals surface area contributed by atoms with Crippen LogP contribution < -0.4 is 5.32 Å². The Morgan fingerprint density at radius 3 is 2.71 bits per heavy atom. The van der Waals surface area contributed by atoms with Crippen LogP contribution in [0.1, 0.15) is 23.2 Å². The molecular weight excluding hydrogens is 436 g/mol. The molecule has 1 fully saturated rings. The molecule has 1 atom stereocenters. The van der Waals surface area contributed by atoms with Gasteiger partial charge in [0.25, 0.3) is 11.6 Å². The minimum absolute atomic E-state index is 0.0217. The first kappa shape index (κ1) is 21.3. The molecule has 3 heterocycles. The fraction of sp³-hybridized carbons (Fsp3) is 0.167. The molecule has 0 saturated carbocycles. The van der Waals surface area contributed by atoms with Gasteiger partial charge in [0.05, 0.1) is 21.5 Å². The number of nitro groups is 1. The van der Waals surface area contributed by atoms with E-state index in [1.807, 2.05) is 0 Å². The molecule has 170 valence electrons. The van der Waals surface area contributed by atoms with Gasteiger partial charge in [0.2, 0.25) is 5.91 Å². The van der Waals surface area contributed by atoms with Gasteiger partial charge in [-0.05, 0) is 55.3 Å². The summed E-state index contributed by atoms with van der Waals surface area (Å²) in [6.07, 6.45) is 4.46. The first-order chi connectivity index (χ1) is 16.5. The van der Waals surface area contributed by atoms with Crippen LogP contribution in [-0.4, -0.2) is 49.2 Å². The van der Waals surface area contributed by atoms with Gasteiger partial charge in [-0.1, -0.05) is 0 Å². The van der Waals surface area contributed by atoms with Gasteiger partial charge >= 0.3 is 0 Å². The maximum Gasteiger partial charge on any atom is 0.271 e. The largest absolute Gasteiger partial charge is 0.338 e. The number of nitrogens with zero attached hydrogens (tertiary/aromatic N) is 4. The summed E-state index contributed by atoms with van der Waals surface area (Å²) >= 11 is 0. The number of fused-ring (bicyclic) bond motifs is 1. The SMILES string of the molecule is O=C(Nc1ccc(-c2nc3cc([N+](=O)[O-])ccc3[nH]2)cc1)[C@@H]1CCCN1C(=O)c1cccnc1. The number of H-pyrrole nitrogens is 1. The minimum atomic E-state index is -0.543. The highest BCUT2D eigenvalue weighted by Gasteiger charge is 2.34. The highest BCUT2D eigenvalue weighted by molar-refractivity contribution is 6.01. The number of nitrogens with one attached hydrogen (secondary N) is 2. The lowest BCUT2D eigenvalue weighted by Crippen LogP contribution is -2.43. The molecule has 0 radical (unpaired) electrons. The van der Waals surface area contributed by atoms with Crippen molar-refractivity contribution in [3.63, 3.8) is 0 Å². The second-order valence-electron chi connectivity index (χ2n) is 8.01. The van der Waals surface area contributed by atoms with Gasteiger partial charge in [-0.2, -0.15) is 0 Å². The predicted octanol–water partition coefficient (Wildman–Crippen LogP) is 3.78. The summed E-state index contributed by atoms with van der Waals surface area (Å²) in [6.45, 7) is 0.523. The molecule has 10 nitrogen and oxygen atoms in total. The lowest BCUT2D eigenvalue weighted by molar-refractivity contribution is -0.384. The number of non-ortho nitro benzene ring substituents is 1. The van der Waals surface area contributed by atoms with Gasteiger partial charge in [-0.15, -0.1) is 0 Å². The Kier molecular flexibility index (Phi) is 5.46. The molecule has 5 rings (SSSR count). The van der Waals surface area contributed by atoms with E-state index < -0.39 is 11.0 Å². The quantitative estimate of drug-likeness (QED) is 0.347. The number of benzene rings is 2. The fourth-order valence-electron chi connectivity index (χ4n) is 4.12. The molecule has 1 aliphatic heterocycles. The maximum absolute atomic E-state index is 12.9. The molecule has 0 bridgehead atoms. The molecule has 2 aromatic heterocycles. The summed E-state index contributed by atoms with van der Waals surface area (Å²) in [7, 11) is 0. The van der Waals surface area contributed by atoms with E-state index in [1.165, 1.54) is 18.3 Å². The molecule has 2 amide bonds. The van der Waals surface area contributed by atoms with Gasteiger partial charge < -0.3 is 15.2 Å². The van der Waals surface area contributed by atoms with Crippen molar-refractivity contribution in [2.75, 3.05) is 11.9 Å². The molecule has 34 heavy (non-hydrogen) atoms. The van der Waals surface area contributed by atoms with Crippen molar-refractivity contribution >= 4 is 34.2 Å². The third-order valence-corrected chi connectivity index (χ3v) is 5.83. The molecule has 0 spiro atoms. The number of likely N-dealkylation sites (tertiary alicyclic amines) is 1. The molecular formula is C24H20N6O4.